The molecular weight excluding hydrogens is 413 g/mol. The summed E-state index contributed by atoms with van der Waals surface area (Å²) in [5, 5.41) is 12.3. The first-order valence-electron chi connectivity index (χ1n) is 9.12. The number of aromatic nitrogens is 4. The van der Waals surface area contributed by atoms with Crippen LogP contribution in [0.2, 0.25) is 0 Å². The quantitative estimate of drug-likeness (QED) is 0.494. The van der Waals surface area contributed by atoms with E-state index in [1.165, 1.54) is 17.2 Å². The Morgan fingerprint density at radius 2 is 2.07 bits per heavy atom. The zero-order chi connectivity index (χ0) is 21.3. The number of imidazole rings is 1. The largest absolute Gasteiger partial charge is 0.695 e. The normalized spacial score (nSPS) is 24.2. The fourth-order valence-electron chi connectivity index (χ4n) is 3.44. The first kappa shape index (κ1) is 20.5. The molecule has 0 aliphatic carbocycles. The Balaban J connectivity index is 1.67. The van der Waals surface area contributed by atoms with Gasteiger partial charge in [-0.1, -0.05) is 25.1 Å². The number of anilines is 1. The summed E-state index contributed by atoms with van der Waals surface area (Å²) in [7, 11) is -2.89. The number of carbonyl (C=O) groups excluding carboxylic acids is 1. The summed E-state index contributed by atoms with van der Waals surface area (Å²) in [5.74, 6) is -0.500. The molecule has 30 heavy (non-hydrogen) atoms. The maximum Gasteiger partial charge on any atom is 0.695 e. The standard InChI is InChI=1S/C18H18N5O6P/c1-10-12(7-24)28-18(14(10)29-30(26)27)23-9-21-13-15(19-8-20-16(13)23)22-17(25)11-5-3-2-4-6-11/h2-6,8-10,12,14,18,24H,7H2,1H3,(H-,19,20,22,25,26,27)/p+1/t10-,12+,14?,18+/m0/s1. The average Bonchev–Trinajstić information content (AvgIpc) is 3.30. The Kier molecular flexibility index (Phi) is 5.80. The highest BCUT2D eigenvalue weighted by Gasteiger charge is 2.48. The second-order valence-electron chi connectivity index (χ2n) is 6.78. The van der Waals surface area contributed by atoms with Crippen molar-refractivity contribution in [2.24, 2.45) is 5.92 Å². The van der Waals surface area contributed by atoms with Gasteiger partial charge in [0.2, 0.25) is 0 Å². The molecule has 1 aliphatic heterocycles. The molecule has 2 aromatic heterocycles. The smallest absolute Gasteiger partial charge is 0.394 e. The molecule has 1 fully saturated rings. The summed E-state index contributed by atoms with van der Waals surface area (Å²) in [5.41, 5.74) is 1.12. The second-order valence-corrected chi connectivity index (χ2v) is 7.47. The topological polar surface area (TPSA) is 149 Å². The van der Waals surface area contributed by atoms with Crippen LogP contribution in [0.15, 0.2) is 43.0 Å². The Bertz CT molecular complexity index is 1080. The molecule has 1 aromatic carbocycles. The number of hydrogen-bond acceptors (Lipinski definition) is 8. The minimum absolute atomic E-state index is 0.211. The molecule has 12 heteroatoms. The highest BCUT2D eigenvalue weighted by Crippen LogP contribution is 2.41. The Morgan fingerprint density at radius 1 is 1.30 bits per heavy atom. The number of carbonyl (C=O) groups is 1. The first-order valence-corrected chi connectivity index (χ1v) is 10.3. The number of ether oxygens (including phenoxy) is 1. The lowest BCUT2D eigenvalue weighted by Gasteiger charge is -2.16. The summed E-state index contributed by atoms with van der Waals surface area (Å²) >= 11 is 0. The van der Waals surface area contributed by atoms with E-state index < -0.39 is 26.7 Å². The molecule has 4 rings (SSSR count). The van der Waals surface area contributed by atoms with Gasteiger partial charge in [0.25, 0.3) is 5.91 Å². The van der Waals surface area contributed by atoms with Gasteiger partial charge in [-0.25, -0.2) is 15.0 Å². The molecule has 0 bridgehead atoms. The zero-order valence-electron chi connectivity index (χ0n) is 15.8. The fraction of sp³-hybridized carbons (Fsp3) is 0.333. The van der Waals surface area contributed by atoms with E-state index >= 15 is 0 Å². The molecule has 3 heterocycles. The van der Waals surface area contributed by atoms with Crippen LogP contribution in [-0.4, -0.2) is 54.2 Å². The van der Waals surface area contributed by atoms with Gasteiger partial charge in [0.1, 0.15) is 6.33 Å². The molecule has 0 spiro atoms. The molecule has 0 saturated carbocycles. The van der Waals surface area contributed by atoms with Crippen LogP contribution in [0.4, 0.5) is 5.82 Å². The lowest BCUT2D eigenvalue weighted by atomic mass is 10.0. The molecule has 3 aromatic rings. The van der Waals surface area contributed by atoms with Crippen molar-refractivity contribution in [2.45, 2.75) is 25.4 Å². The van der Waals surface area contributed by atoms with E-state index in [-0.39, 0.29) is 24.2 Å². The van der Waals surface area contributed by atoms with E-state index in [0.717, 1.165) is 0 Å². The van der Waals surface area contributed by atoms with Crippen LogP contribution in [0.5, 0.6) is 0 Å². The summed E-state index contributed by atoms with van der Waals surface area (Å²) in [6, 6.07) is 8.66. The zero-order valence-corrected chi connectivity index (χ0v) is 16.7. The van der Waals surface area contributed by atoms with Gasteiger partial charge in [0, 0.05) is 16.0 Å². The molecule has 3 N–H and O–H groups in total. The minimum atomic E-state index is -2.89. The van der Waals surface area contributed by atoms with Crippen LogP contribution in [0.3, 0.4) is 0 Å². The summed E-state index contributed by atoms with van der Waals surface area (Å²) in [6.45, 7) is 1.48. The van der Waals surface area contributed by atoms with E-state index in [9.17, 15) is 19.4 Å². The van der Waals surface area contributed by atoms with Crippen molar-refractivity contribution in [3.8, 4) is 0 Å². The van der Waals surface area contributed by atoms with Gasteiger partial charge in [0.05, 0.1) is 19.0 Å². The number of nitrogens with one attached hydrogen (secondary N) is 1. The Labute approximate surface area is 171 Å². The number of hydrogen-bond donors (Lipinski definition) is 3. The molecule has 1 aliphatic rings. The van der Waals surface area contributed by atoms with Gasteiger partial charge in [-0.2, -0.15) is 0 Å². The van der Waals surface area contributed by atoms with Crippen LogP contribution in [0, 0.1) is 5.92 Å². The van der Waals surface area contributed by atoms with Gasteiger partial charge in [0.15, 0.2) is 29.3 Å². The Hall–Kier alpha value is -2.82. The molecule has 156 valence electrons. The maximum absolute atomic E-state index is 12.5. The lowest BCUT2D eigenvalue weighted by molar-refractivity contribution is -0.0450. The van der Waals surface area contributed by atoms with E-state index in [1.807, 2.05) is 6.07 Å². The monoisotopic (exact) mass is 432 g/mol. The van der Waals surface area contributed by atoms with Crippen molar-refractivity contribution in [1.82, 2.24) is 19.5 Å². The van der Waals surface area contributed by atoms with Gasteiger partial charge in [-0.05, 0) is 12.1 Å². The maximum atomic E-state index is 12.5. The second kappa shape index (κ2) is 8.50. The number of fused-ring (bicyclic) bond motifs is 1. The fourth-order valence-corrected chi connectivity index (χ4v) is 3.94. The Morgan fingerprint density at radius 3 is 2.77 bits per heavy atom. The summed E-state index contributed by atoms with van der Waals surface area (Å²) in [6.07, 6.45) is 0.443. The van der Waals surface area contributed by atoms with Crippen LogP contribution in [0.25, 0.3) is 11.2 Å². The highest BCUT2D eigenvalue weighted by molar-refractivity contribution is 7.32. The van der Waals surface area contributed by atoms with Crippen LogP contribution in [0.1, 0.15) is 23.5 Å². The van der Waals surface area contributed by atoms with Crippen molar-refractivity contribution in [2.75, 3.05) is 11.9 Å². The summed E-state index contributed by atoms with van der Waals surface area (Å²) < 4.78 is 23.8. The predicted octanol–water partition coefficient (Wildman–Crippen LogP) is 1.64. The van der Waals surface area contributed by atoms with Crippen LogP contribution >= 0.6 is 8.25 Å². The van der Waals surface area contributed by atoms with E-state index in [4.69, 9.17) is 9.26 Å². The van der Waals surface area contributed by atoms with Crippen molar-refractivity contribution in [3.05, 3.63) is 48.5 Å². The molecule has 1 amide bonds. The minimum Gasteiger partial charge on any atom is -0.394 e. The third kappa shape index (κ3) is 3.81. The molecule has 2 unspecified atom stereocenters. The third-order valence-electron chi connectivity index (χ3n) is 4.99. The van der Waals surface area contributed by atoms with Gasteiger partial charge >= 0.3 is 8.25 Å². The van der Waals surface area contributed by atoms with Crippen molar-refractivity contribution < 1.29 is 28.6 Å². The molecule has 11 nitrogen and oxygen atoms in total. The molecule has 0 radical (unpaired) electrons. The number of aliphatic hydroxyl groups excluding tert-OH is 1. The van der Waals surface area contributed by atoms with Gasteiger partial charge < -0.3 is 15.2 Å². The van der Waals surface area contributed by atoms with E-state index in [1.54, 1.807) is 31.2 Å². The van der Waals surface area contributed by atoms with E-state index in [0.29, 0.717) is 16.7 Å². The van der Waals surface area contributed by atoms with Crippen molar-refractivity contribution in [1.29, 1.82) is 0 Å². The van der Waals surface area contributed by atoms with Crippen molar-refractivity contribution >= 4 is 31.1 Å². The number of nitrogens with zero attached hydrogens (tertiary/aromatic N) is 4. The number of benzene rings is 1. The first-order chi connectivity index (χ1) is 14.5. The highest BCUT2D eigenvalue weighted by atomic mass is 31.1. The number of aliphatic hydroxyl groups is 1. The molecule has 5 atom stereocenters. The summed E-state index contributed by atoms with van der Waals surface area (Å²) in [4.78, 5) is 34.3. The molecular formula is C18H19N5O6P+. The number of rotatable bonds is 6. The van der Waals surface area contributed by atoms with Crippen molar-refractivity contribution in [3.63, 3.8) is 0 Å². The van der Waals surface area contributed by atoms with Crippen LogP contribution < -0.4 is 5.32 Å². The van der Waals surface area contributed by atoms with Gasteiger partial charge in [-0.3, -0.25) is 9.36 Å². The number of amides is 1. The lowest BCUT2D eigenvalue weighted by Crippen LogP contribution is -2.26. The SMILES string of the molecule is C[C@@H]1C(O[P+](=O)O)[C@H](n2cnc3c(NC(=O)c4ccccc4)ncnc32)O[C@@H]1CO. The molecule has 1 saturated heterocycles. The predicted molar refractivity (Wildman–Crippen MR) is 105 cm³/mol. The van der Waals surface area contributed by atoms with Gasteiger partial charge in [-0.15, -0.1) is 9.42 Å². The third-order valence-corrected chi connectivity index (χ3v) is 5.42. The van der Waals surface area contributed by atoms with E-state index in [2.05, 4.69) is 20.3 Å². The van der Waals surface area contributed by atoms with Crippen LogP contribution in [-0.2, 0) is 13.8 Å². The average molecular weight is 432 g/mol.